The topological polar surface area (TPSA) is 183 Å². The van der Waals surface area contributed by atoms with Crippen molar-refractivity contribution in [1.82, 2.24) is 14.9 Å². The van der Waals surface area contributed by atoms with Gasteiger partial charge in [0.2, 0.25) is 0 Å². The van der Waals surface area contributed by atoms with Crippen molar-refractivity contribution in [2.45, 2.75) is 83.1 Å². The molecule has 7 rings (SSSR count). The van der Waals surface area contributed by atoms with Crippen LogP contribution in [0.25, 0.3) is 0 Å². The first kappa shape index (κ1) is 47.3. The average molecular weight is 940 g/mol. The average Bonchev–Trinajstić information content (AvgIpc) is 3.85. The monoisotopic (exact) mass is 939 g/mol. The van der Waals surface area contributed by atoms with E-state index in [1.807, 2.05) is 18.7 Å². The van der Waals surface area contributed by atoms with Crippen molar-refractivity contribution < 1.29 is 52.3 Å². The van der Waals surface area contributed by atoms with Crippen molar-refractivity contribution in [3.05, 3.63) is 47.5 Å². The molecule has 64 heavy (non-hydrogen) atoms. The van der Waals surface area contributed by atoms with E-state index >= 15 is 0 Å². The van der Waals surface area contributed by atoms with Gasteiger partial charge in [0.25, 0.3) is 23.6 Å². The maximum atomic E-state index is 14.9. The Bertz CT molecular complexity index is 2270. The van der Waals surface area contributed by atoms with Gasteiger partial charge in [-0.1, -0.05) is 47.6 Å². The van der Waals surface area contributed by atoms with Crippen LogP contribution in [0.15, 0.2) is 41.4 Å². The molecule has 3 saturated heterocycles. The van der Waals surface area contributed by atoms with Gasteiger partial charge in [-0.2, -0.15) is 0 Å². The number of anilines is 1. The molecule has 0 aliphatic carbocycles. The second kappa shape index (κ2) is 19.4. The summed E-state index contributed by atoms with van der Waals surface area (Å²) in [5.41, 5.74) is 3.06. The van der Waals surface area contributed by atoms with Crippen molar-refractivity contribution in [2.24, 2.45) is 10.4 Å². The number of benzene rings is 2. The number of fused-ring (bicyclic) bond motifs is 4. The molecule has 5 aliphatic heterocycles. The zero-order chi connectivity index (χ0) is 46.0. The molecule has 5 aliphatic rings. The maximum absolute atomic E-state index is 14.9. The van der Waals surface area contributed by atoms with Gasteiger partial charge in [0.15, 0.2) is 23.0 Å². The van der Waals surface area contributed by atoms with E-state index < -0.39 is 29.7 Å². The van der Waals surface area contributed by atoms with Crippen LogP contribution in [-0.2, 0) is 23.8 Å². The molecule has 1 N–H and O–H groups in total. The molecule has 5 heterocycles. The molecule has 2 aromatic rings. The number of ether oxygens (including phenoxy) is 4. The minimum absolute atomic E-state index is 0.0118. The van der Waals surface area contributed by atoms with Gasteiger partial charge in [-0.25, -0.2) is 4.79 Å². The van der Waals surface area contributed by atoms with Crippen LogP contribution in [-0.4, -0.2) is 139 Å². The lowest BCUT2D eigenvalue weighted by atomic mass is 9.90. The number of aliphatic imine (C=N–C) groups is 1. The Morgan fingerprint density at radius 3 is 2.23 bits per heavy atom. The Balaban J connectivity index is 1.01. The van der Waals surface area contributed by atoms with Crippen LogP contribution in [0.2, 0.25) is 0 Å². The quantitative estimate of drug-likeness (QED) is 0.0490. The van der Waals surface area contributed by atoms with Crippen LogP contribution in [0.3, 0.4) is 0 Å². The summed E-state index contributed by atoms with van der Waals surface area (Å²) in [6.07, 6.45) is 4.63. The number of carbonyl (C=O) groups excluding carboxylic acids is 5. The molecular weight excluding hydrogens is 882 g/mol. The van der Waals surface area contributed by atoms with E-state index in [4.69, 9.17) is 23.8 Å². The van der Waals surface area contributed by atoms with Crippen molar-refractivity contribution in [3.63, 3.8) is 0 Å². The second-order valence-electron chi connectivity index (χ2n) is 18.3. The predicted molar refractivity (Wildman–Crippen MR) is 248 cm³/mol. The van der Waals surface area contributed by atoms with E-state index in [-0.39, 0.29) is 74.1 Å². The Morgan fingerprint density at radius 1 is 0.922 bits per heavy atom. The zero-order valence-electron chi connectivity index (χ0n) is 37.4. The number of hydroxylamine groups is 2. The summed E-state index contributed by atoms with van der Waals surface area (Å²) >= 11 is 0. The maximum Gasteiger partial charge on any atom is 0.333 e. The highest BCUT2D eigenvalue weighted by atomic mass is 33.1. The number of hydrogen-bond donors (Lipinski definition) is 1. The third-order valence-corrected chi connectivity index (χ3v) is 18.8. The SMILES string of the molecule is C=C1C[C@H]2C=Nc3cc(OCCP(=O)(CCOc4cc5c(cc4OC)C(=O)N4CC(C)(C)C[C@H]4CN5)CCSSC(C)(C)CCC(=O)ON4C(=O)CCC4=O)c(OC)cc3C(=O)N2C1. The lowest BCUT2D eigenvalue weighted by Crippen LogP contribution is -2.37. The Morgan fingerprint density at radius 2 is 1.56 bits per heavy atom. The van der Waals surface area contributed by atoms with Gasteiger partial charge in [0.05, 0.1) is 63.1 Å². The fourth-order valence-electron chi connectivity index (χ4n) is 8.60. The van der Waals surface area contributed by atoms with Crippen molar-refractivity contribution in [2.75, 3.05) is 76.6 Å². The van der Waals surface area contributed by atoms with Gasteiger partial charge in [-0.15, -0.1) is 5.06 Å². The van der Waals surface area contributed by atoms with Crippen LogP contribution in [0, 0.1) is 5.41 Å². The summed E-state index contributed by atoms with van der Waals surface area (Å²) in [6, 6.07) is 6.75. The normalized spacial score (nSPS) is 21.0. The van der Waals surface area contributed by atoms with Crippen molar-refractivity contribution >= 4 is 75.9 Å². The Hall–Kier alpha value is -4.67. The molecule has 0 bridgehead atoms. The predicted octanol–water partition coefficient (Wildman–Crippen LogP) is 7.22. The summed E-state index contributed by atoms with van der Waals surface area (Å²) in [5.74, 6) is 0.213. The van der Waals surface area contributed by atoms with E-state index in [0.29, 0.717) is 95.0 Å². The van der Waals surface area contributed by atoms with Crippen LogP contribution in [0.4, 0.5) is 11.4 Å². The largest absolute Gasteiger partial charge is 0.493 e. The highest BCUT2D eigenvalue weighted by molar-refractivity contribution is 8.77. The first-order valence-electron chi connectivity index (χ1n) is 21.6. The third kappa shape index (κ3) is 10.9. The number of imide groups is 1. The first-order valence-corrected chi connectivity index (χ1v) is 26.2. The van der Waals surface area contributed by atoms with Gasteiger partial charge in [-0.3, -0.25) is 24.2 Å². The number of amides is 4. The van der Waals surface area contributed by atoms with Crippen LogP contribution >= 0.6 is 28.7 Å². The highest BCUT2D eigenvalue weighted by Crippen LogP contribution is 2.49. The fourth-order valence-corrected chi connectivity index (χ4v) is 14.5. The molecule has 0 aromatic heterocycles. The molecule has 19 heteroatoms. The number of carbonyl (C=O) groups is 5. The van der Waals surface area contributed by atoms with Crippen molar-refractivity contribution in [3.8, 4) is 23.0 Å². The Kier molecular flexibility index (Phi) is 14.4. The lowest BCUT2D eigenvalue weighted by molar-refractivity contribution is -0.197. The minimum Gasteiger partial charge on any atom is -0.493 e. The van der Waals surface area contributed by atoms with Gasteiger partial charge < -0.3 is 43.5 Å². The number of nitrogens with zero attached hydrogens (tertiary/aromatic N) is 4. The number of methoxy groups -OCH3 is 2. The highest BCUT2D eigenvalue weighted by Gasteiger charge is 2.43. The van der Waals surface area contributed by atoms with Gasteiger partial charge in [0, 0.05) is 92.3 Å². The van der Waals surface area contributed by atoms with E-state index in [0.717, 1.165) is 12.0 Å². The molecule has 2 aromatic carbocycles. The van der Waals surface area contributed by atoms with Crippen LogP contribution in [0.5, 0.6) is 23.0 Å². The number of nitrogens with one attached hydrogen (secondary N) is 1. The summed E-state index contributed by atoms with van der Waals surface area (Å²) in [6.45, 7) is 14.3. The van der Waals surface area contributed by atoms with E-state index in [9.17, 15) is 28.5 Å². The van der Waals surface area contributed by atoms with Gasteiger partial charge in [-0.05, 0) is 50.7 Å². The van der Waals surface area contributed by atoms with E-state index in [1.54, 1.807) is 57.0 Å². The molecule has 0 spiro atoms. The molecule has 16 nitrogen and oxygen atoms in total. The minimum atomic E-state index is -2.99. The number of rotatable bonds is 19. The Labute approximate surface area is 382 Å². The summed E-state index contributed by atoms with van der Waals surface area (Å²) in [4.78, 5) is 76.9. The summed E-state index contributed by atoms with van der Waals surface area (Å²) in [5, 5.41) is 4.02. The second-order valence-corrected chi connectivity index (χ2v) is 24.9. The third-order valence-electron chi connectivity index (χ3n) is 12.1. The molecule has 3 atom stereocenters. The molecule has 0 saturated carbocycles. The summed E-state index contributed by atoms with van der Waals surface area (Å²) in [7, 11) is 3.14. The molecule has 0 radical (unpaired) electrons. The standard InChI is InChI=1S/C45H58N5O11PS2/c1-28-18-29-24-46-33-21-37(35(57-6)19-31(33)42(54)48(29)26-28)59-12-14-62(56,16-17-63-64-45(4,5)11-10-41(53)61-50-39(51)8-9-40(50)52)15-13-60-38-22-34-32(20-36(38)58-7)43(55)49-27-44(2,3)23-30(49)25-47-34/h19-22,24,29-30,47H,1,8-18,23,25-27H2,2-7H3/t29-,30-,62?/m0/s1. The number of hydrogen-bond acceptors (Lipinski definition) is 15. The van der Waals surface area contributed by atoms with Crippen molar-refractivity contribution in [1.29, 1.82) is 0 Å². The molecular formula is C45H58N5O11PS2. The zero-order valence-corrected chi connectivity index (χ0v) is 39.9. The molecule has 4 amide bonds. The molecule has 1 unspecified atom stereocenters. The van der Waals surface area contributed by atoms with Gasteiger partial charge in [0.1, 0.15) is 0 Å². The van der Waals surface area contributed by atoms with Crippen LogP contribution in [0.1, 0.15) is 86.9 Å². The van der Waals surface area contributed by atoms with E-state index in [1.165, 1.54) is 14.2 Å². The molecule has 3 fully saturated rings. The summed E-state index contributed by atoms with van der Waals surface area (Å²) < 4.78 is 38.5. The van der Waals surface area contributed by atoms with E-state index in [2.05, 4.69) is 30.7 Å². The van der Waals surface area contributed by atoms with Gasteiger partial charge >= 0.3 is 5.97 Å². The lowest BCUT2D eigenvalue weighted by Gasteiger charge is -2.24. The fraction of sp³-hybridized carbons (Fsp3) is 0.556. The van der Waals surface area contributed by atoms with Crippen LogP contribution < -0.4 is 24.3 Å². The first-order chi connectivity index (χ1) is 30.4. The molecule has 346 valence electrons. The smallest absolute Gasteiger partial charge is 0.333 e.